The van der Waals surface area contributed by atoms with E-state index in [0.29, 0.717) is 27.9 Å². The topological polar surface area (TPSA) is 51.2 Å². The number of rotatable bonds is 4. The predicted molar refractivity (Wildman–Crippen MR) is 90.2 cm³/mol. The first-order valence-corrected chi connectivity index (χ1v) is 7.35. The SMILES string of the molecule is O=C(Nc1cccnc1Oc1ccccc1)c1cccc(Cl)c1. The van der Waals surface area contributed by atoms with Crippen LogP contribution in [0.4, 0.5) is 5.69 Å². The molecule has 0 aliphatic carbocycles. The van der Waals surface area contributed by atoms with Gasteiger partial charge >= 0.3 is 0 Å². The molecule has 0 unspecified atom stereocenters. The zero-order valence-corrected chi connectivity index (χ0v) is 12.8. The molecule has 114 valence electrons. The summed E-state index contributed by atoms with van der Waals surface area (Å²) in [7, 11) is 0. The predicted octanol–water partition coefficient (Wildman–Crippen LogP) is 4.78. The third kappa shape index (κ3) is 3.87. The summed E-state index contributed by atoms with van der Waals surface area (Å²) in [4.78, 5) is 16.5. The molecule has 3 aromatic rings. The molecule has 0 aliphatic rings. The van der Waals surface area contributed by atoms with Crippen molar-refractivity contribution in [3.8, 4) is 11.6 Å². The van der Waals surface area contributed by atoms with Gasteiger partial charge in [-0.05, 0) is 42.5 Å². The highest BCUT2D eigenvalue weighted by Gasteiger charge is 2.11. The molecule has 5 heteroatoms. The lowest BCUT2D eigenvalue weighted by Crippen LogP contribution is -2.12. The van der Waals surface area contributed by atoms with Crippen molar-refractivity contribution in [2.75, 3.05) is 5.32 Å². The number of hydrogen-bond acceptors (Lipinski definition) is 3. The average Bonchev–Trinajstić information content (AvgIpc) is 2.57. The molecule has 1 aromatic heterocycles. The minimum Gasteiger partial charge on any atom is -0.437 e. The van der Waals surface area contributed by atoms with Gasteiger partial charge < -0.3 is 10.1 Å². The van der Waals surface area contributed by atoms with Crippen LogP contribution < -0.4 is 10.1 Å². The summed E-state index contributed by atoms with van der Waals surface area (Å²) in [6, 6.07) is 19.4. The number of nitrogens with one attached hydrogen (secondary N) is 1. The minimum atomic E-state index is -0.279. The monoisotopic (exact) mass is 324 g/mol. The zero-order chi connectivity index (χ0) is 16.1. The number of amides is 1. The Morgan fingerprint density at radius 1 is 1.00 bits per heavy atom. The third-order valence-corrected chi connectivity index (χ3v) is 3.30. The van der Waals surface area contributed by atoms with Gasteiger partial charge in [0.25, 0.3) is 5.91 Å². The summed E-state index contributed by atoms with van der Waals surface area (Å²) in [5, 5.41) is 3.29. The van der Waals surface area contributed by atoms with Crippen molar-refractivity contribution in [1.82, 2.24) is 4.98 Å². The number of para-hydroxylation sites is 1. The first kappa shape index (κ1) is 15.1. The van der Waals surface area contributed by atoms with Gasteiger partial charge in [-0.25, -0.2) is 4.98 Å². The van der Waals surface area contributed by atoms with Crippen molar-refractivity contribution in [3.63, 3.8) is 0 Å². The minimum absolute atomic E-state index is 0.279. The van der Waals surface area contributed by atoms with Crippen molar-refractivity contribution in [2.24, 2.45) is 0 Å². The second kappa shape index (κ2) is 6.94. The van der Waals surface area contributed by atoms with Gasteiger partial charge in [0.05, 0.1) is 0 Å². The third-order valence-electron chi connectivity index (χ3n) is 3.06. The number of carbonyl (C=O) groups excluding carboxylic acids is 1. The standard InChI is InChI=1S/C18H13ClN2O2/c19-14-7-4-6-13(12-14)17(22)21-16-10-5-11-20-18(16)23-15-8-2-1-3-9-15/h1-12H,(H,21,22). The summed E-state index contributed by atoms with van der Waals surface area (Å²) in [6.07, 6.45) is 1.60. The summed E-state index contributed by atoms with van der Waals surface area (Å²) in [5.41, 5.74) is 0.952. The molecule has 0 spiro atoms. The fourth-order valence-corrected chi connectivity index (χ4v) is 2.18. The quantitative estimate of drug-likeness (QED) is 0.751. The van der Waals surface area contributed by atoms with Crippen LogP contribution >= 0.6 is 11.6 Å². The number of benzene rings is 2. The molecule has 0 saturated carbocycles. The van der Waals surface area contributed by atoms with Crippen LogP contribution in [0.1, 0.15) is 10.4 Å². The first-order valence-electron chi connectivity index (χ1n) is 6.97. The fourth-order valence-electron chi connectivity index (χ4n) is 1.99. The van der Waals surface area contributed by atoms with E-state index in [1.165, 1.54) is 0 Å². The van der Waals surface area contributed by atoms with Crippen LogP contribution in [-0.2, 0) is 0 Å². The molecule has 23 heavy (non-hydrogen) atoms. The number of nitrogens with zero attached hydrogens (tertiary/aromatic N) is 1. The molecule has 1 heterocycles. The summed E-state index contributed by atoms with van der Waals surface area (Å²) < 4.78 is 5.72. The van der Waals surface area contributed by atoms with E-state index in [1.807, 2.05) is 30.3 Å². The fraction of sp³-hybridized carbons (Fsp3) is 0. The van der Waals surface area contributed by atoms with Crippen LogP contribution in [0.15, 0.2) is 72.9 Å². The smallest absolute Gasteiger partial charge is 0.255 e. The van der Waals surface area contributed by atoms with E-state index in [2.05, 4.69) is 10.3 Å². The first-order chi connectivity index (χ1) is 11.2. The molecule has 0 aliphatic heterocycles. The van der Waals surface area contributed by atoms with Gasteiger partial charge in [0.1, 0.15) is 11.4 Å². The number of pyridine rings is 1. The number of halogens is 1. The molecular formula is C18H13ClN2O2. The van der Waals surface area contributed by atoms with E-state index in [9.17, 15) is 4.79 Å². The number of hydrogen-bond donors (Lipinski definition) is 1. The Hall–Kier alpha value is -2.85. The molecule has 4 nitrogen and oxygen atoms in total. The maximum absolute atomic E-state index is 12.3. The second-order valence-corrected chi connectivity index (χ2v) is 5.17. The van der Waals surface area contributed by atoms with Gasteiger partial charge in [-0.15, -0.1) is 0 Å². The van der Waals surface area contributed by atoms with Gasteiger partial charge in [0.15, 0.2) is 0 Å². The van der Waals surface area contributed by atoms with Crippen molar-refractivity contribution in [3.05, 3.63) is 83.5 Å². The van der Waals surface area contributed by atoms with Crippen LogP contribution in [0.25, 0.3) is 0 Å². The van der Waals surface area contributed by atoms with Crippen LogP contribution in [0.3, 0.4) is 0 Å². The summed E-state index contributed by atoms with van der Waals surface area (Å²) in [6.45, 7) is 0. The molecule has 0 saturated heterocycles. The number of anilines is 1. The Labute approximate surface area is 138 Å². The van der Waals surface area contributed by atoms with Crippen LogP contribution in [0.5, 0.6) is 11.6 Å². The van der Waals surface area contributed by atoms with Crippen molar-refractivity contribution in [1.29, 1.82) is 0 Å². The lowest BCUT2D eigenvalue weighted by Gasteiger charge is -2.11. The average molecular weight is 325 g/mol. The summed E-state index contributed by atoms with van der Waals surface area (Å²) in [5.74, 6) is 0.692. The molecule has 2 aromatic carbocycles. The van der Waals surface area contributed by atoms with Crippen LogP contribution in [-0.4, -0.2) is 10.9 Å². The molecule has 1 N–H and O–H groups in total. The second-order valence-electron chi connectivity index (χ2n) is 4.74. The van der Waals surface area contributed by atoms with E-state index >= 15 is 0 Å². The van der Waals surface area contributed by atoms with E-state index in [0.717, 1.165) is 0 Å². The van der Waals surface area contributed by atoms with E-state index < -0.39 is 0 Å². The Morgan fingerprint density at radius 3 is 2.61 bits per heavy atom. The lowest BCUT2D eigenvalue weighted by molar-refractivity contribution is 0.102. The maximum atomic E-state index is 12.3. The normalized spacial score (nSPS) is 10.1. The number of ether oxygens (including phenoxy) is 1. The maximum Gasteiger partial charge on any atom is 0.255 e. The molecule has 0 radical (unpaired) electrons. The van der Waals surface area contributed by atoms with Crippen LogP contribution in [0, 0.1) is 0 Å². The Kier molecular flexibility index (Phi) is 4.54. The van der Waals surface area contributed by atoms with Crippen molar-refractivity contribution < 1.29 is 9.53 Å². The van der Waals surface area contributed by atoms with Crippen molar-refractivity contribution in [2.45, 2.75) is 0 Å². The highest BCUT2D eigenvalue weighted by molar-refractivity contribution is 6.31. The van der Waals surface area contributed by atoms with E-state index in [1.54, 1.807) is 42.6 Å². The molecule has 3 rings (SSSR count). The van der Waals surface area contributed by atoms with Crippen molar-refractivity contribution >= 4 is 23.2 Å². The van der Waals surface area contributed by atoms with E-state index in [4.69, 9.17) is 16.3 Å². The lowest BCUT2D eigenvalue weighted by atomic mass is 10.2. The zero-order valence-electron chi connectivity index (χ0n) is 12.1. The Bertz CT molecular complexity index is 822. The summed E-state index contributed by atoms with van der Waals surface area (Å²) >= 11 is 5.91. The van der Waals surface area contributed by atoms with Gasteiger partial charge in [-0.3, -0.25) is 4.79 Å². The number of aromatic nitrogens is 1. The highest BCUT2D eigenvalue weighted by Crippen LogP contribution is 2.27. The van der Waals surface area contributed by atoms with Crippen LogP contribution in [0.2, 0.25) is 5.02 Å². The molecule has 1 amide bonds. The molecule has 0 fully saturated rings. The number of carbonyl (C=O) groups is 1. The molecular weight excluding hydrogens is 312 g/mol. The van der Waals surface area contributed by atoms with Gasteiger partial charge in [-0.2, -0.15) is 0 Å². The Morgan fingerprint density at radius 2 is 1.83 bits per heavy atom. The molecule has 0 bridgehead atoms. The highest BCUT2D eigenvalue weighted by atomic mass is 35.5. The Balaban J connectivity index is 1.82. The van der Waals surface area contributed by atoms with Gasteiger partial charge in [-0.1, -0.05) is 35.9 Å². The largest absolute Gasteiger partial charge is 0.437 e. The van der Waals surface area contributed by atoms with Gasteiger partial charge in [0, 0.05) is 16.8 Å². The van der Waals surface area contributed by atoms with Gasteiger partial charge in [0.2, 0.25) is 5.88 Å². The van der Waals surface area contributed by atoms with E-state index in [-0.39, 0.29) is 5.91 Å². The molecule has 0 atom stereocenters.